The summed E-state index contributed by atoms with van der Waals surface area (Å²) in [6, 6.07) is 55.3. The van der Waals surface area contributed by atoms with E-state index in [0.29, 0.717) is 0 Å². The average Bonchev–Trinajstić information content (AvgIpc) is 3.83. The summed E-state index contributed by atoms with van der Waals surface area (Å²) in [4.78, 5) is 2.26. The number of anilines is 3. The van der Waals surface area contributed by atoms with Gasteiger partial charge in [-0.05, 0) is 92.2 Å². The molecule has 0 saturated carbocycles. The first kappa shape index (κ1) is 25.3. The summed E-state index contributed by atoms with van der Waals surface area (Å²) in [5.41, 5.74) is 8.11. The average molecular weight is 725 g/mol. The van der Waals surface area contributed by atoms with E-state index in [-0.39, 0.29) is 28.4 Å². The smallest absolute Gasteiger partial charge is 0.0720 e. The highest BCUT2D eigenvalue weighted by Crippen LogP contribution is 2.59. The maximum atomic E-state index is 9.86. The van der Waals surface area contributed by atoms with Gasteiger partial charge in [0.25, 0.3) is 0 Å². The third-order valence-corrected chi connectivity index (χ3v) is 12.2. The molecule has 0 amide bonds. The van der Waals surface area contributed by atoms with E-state index >= 15 is 0 Å². The van der Waals surface area contributed by atoms with Gasteiger partial charge in [-0.25, -0.2) is 0 Å². The quantitative estimate of drug-likeness (QED) is 0.165. The van der Waals surface area contributed by atoms with Gasteiger partial charge in [0.15, 0.2) is 0 Å². The predicted molar refractivity (Wildman–Crippen MR) is 234 cm³/mol. The van der Waals surface area contributed by atoms with Gasteiger partial charge in [0.1, 0.15) is 0 Å². The normalized spacial score (nSPS) is 16.4. The van der Waals surface area contributed by atoms with Crippen LogP contribution < -0.4 is 4.90 Å². The number of rotatable bonds is 6. The van der Waals surface area contributed by atoms with E-state index in [1.807, 2.05) is 72.8 Å². The van der Waals surface area contributed by atoms with E-state index in [1.165, 1.54) is 0 Å². The predicted octanol–water partition coefficient (Wildman–Crippen LogP) is 14.7. The topological polar surface area (TPSA) is 3.24 Å². The number of benzene rings is 9. The minimum Gasteiger partial charge on any atom is -0.310 e. The van der Waals surface area contributed by atoms with Gasteiger partial charge in [-0.15, -0.1) is 11.3 Å². The highest BCUT2D eigenvalue weighted by molar-refractivity contribution is 7.25. The lowest BCUT2D eigenvalue weighted by Crippen LogP contribution is -2.29. The van der Waals surface area contributed by atoms with E-state index in [0.717, 1.165) is 76.2 Å². The Morgan fingerprint density at radius 3 is 2.02 bits per heavy atom. The molecule has 0 saturated heterocycles. The molecule has 1 atom stereocenters. The molecule has 1 heterocycles. The SMILES string of the molecule is [2H]c1c([2H])c([2H])c2c(C3(c4ccc5c(c4)sc4ccccc45)c4ccccc4-c4cc(N(c5ccccc5)c5ccccc5-c5ccccc5)ccc43)c([2H])c([2H])c([2H])c2c1[2H]. The number of hydrogen-bond acceptors (Lipinski definition) is 2. The number of hydrogen-bond donors (Lipinski definition) is 0. The molecule has 1 aromatic heterocycles. The zero-order valence-electron chi connectivity index (χ0n) is 36.5. The second-order valence-electron chi connectivity index (χ2n) is 13.9. The summed E-state index contributed by atoms with van der Waals surface area (Å²) >= 11 is 1.67. The molecule has 9 aromatic carbocycles. The van der Waals surface area contributed by atoms with E-state index in [9.17, 15) is 4.11 Å². The third kappa shape index (κ3) is 4.85. The molecule has 1 aliphatic rings. The first-order valence-electron chi connectivity index (χ1n) is 21.9. The van der Waals surface area contributed by atoms with Crippen molar-refractivity contribution in [2.75, 3.05) is 4.90 Å². The van der Waals surface area contributed by atoms with Crippen molar-refractivity contribution < 1.29 is 9.60 Å². The maximum Gasteiger partial charge on any atom is 0.0720 e. The Bertz CT molecular complexity index is 3450. The molecule has 0 spiro atoms. The summed E-state index contributed by atoms with van der Waals surface area (Å²) in [7, 11) is 0. The molecular weight excluding hydrogens is 683 g/mol. The summed E-state index contributed by atoms with van der Waals surface area (Å²) in [6.45, 7) is 0. The second-order valence-corrected chi connectivity index (χ2v) is 15.0. The van der Waals surface area contributed by atoms with Gasteiger partial charge in [-0.2, -0.15) is 0 Å². The molecule has 55 heavy (non-hydrogen) atoms. The van der Waals surface area contributed by atoms with Gasteiger partial charge in [0.05, 0.1) is 20.7 Å². The molecule has 1 unspecified atom stereocenters. The van der Waals surface area contributed by atoms with E-state index < -0.39 is 35.6 Å². The van der Waals surface area contributed by atoms with Crippen molar-refractivity contribution in [3.05, 3.63) is 234 Å². The molecular formula is C53H35NS. The van der Waals surface area contributed by atoms with Crippen molar-refractivity contribution in [1.82, 2.24) is 0 Å². The molecule has 11 rings (SSSR count). The molecule has 0 N–H and O–H groups in total. The largest absolute Gasteiger partial charge is 0.310 e. The molecule has 258 valence electrons. The molecule has 2 heteroatoms. The van der Waals surface area contributed by atoms with Crippen molar-refractivity contribution in [2.24, 2.45) is 0 Å². The summed E-state index contributed by atoms with van der Waals surface area (Å²) in [6.07, 6.45) is 0. The fourth-order valence-corrected chi connectivity index (χ4v) is 9.87. The number of thiophene rings is 1. The summed E-state index contributed by atoms with van der Waals surface area (Å²) in [5.74, 6) is 0. The van der Waals surface area contributed by atoms with Crippen LogP contribution in [0.3, 0.4) is 0 Å². The van der Waals surface area contributed by atoms with Gasteiger partial charge < -0.3 is 4.90 Å². The van der Waals surface area contributed by atoms with Gasteiger partial charge in [0, 0.05) is 37.1 Å². The lowest BCUT2D eigenvalue weighted by atomic mass is 9.66. The fourth-order valence-electron chi connectivity index (χ4n) is 8.72. The van der Waals surface area contributed by atoms with Crippen LogP contribution in [0.5, 0.6) is 0 Å². The van der Waals surface area contributed by atoms with Crippen LogP contribution in [-0.4, -0.2) is 0 Å². The Labute approximate surface area is 334 Å². The Hall–Kier alpha value is -6.74. The number of fused-ring (bicyclic) bond motifs is 7. The lowest BCUT2D eigenvalue weighted by Gasteiger charge is -2.35. The van der Waals surface area contributed by atoms with E-state index in [2.05, 4.69) is 102 Å². The second kappa shape index (κ2) is 12.7. The lowest BCUT2D eigenvalue weighted by molar-refractivity contribution is 0.778. The Balaban J connectivity index is 1.28. The molecule has 1 nitrogen and oxygen atoms in total. The fraction of sp³-hybridized carbons (Fsp3) is 0.0189. The van der Waals surface area contributed by atoms with Crippen LogP contribution in [0.1, 0.15) is 31.8 Å². The molecule has 1 aliphatic carbocycles. The van der Waals surface area contributed by atoms with Crippen LogP contribution in [0.15, 0.2) is 212 Å². The summed E-state index contributed by atoms with van der Waals surface area (Å²) < 4.78 is 66.5. The standard InChI is InChI=1S/C53H35NS/c1-3-16-37(17-4-1)42-23-10-13-28-50(42)54(39-20-5-2-6-21-39)40-31-33-49-46(35-40)43-24-9-12-26-48(43)53(49,47-27-15-19-36-18-7-8-22-41(36)47)38-30-32-45-44-25-11-14-29-51(44)55-52(45)34-38/h1-35H/i7D,8D,15D,18D,19D,22D,27D. The first-order valence-corrected chi connectivity index (χ1v) is 19.2. The third-order valence-electron chi connectivity index (χ3n) is 11.0. The molecule has 0 aliphatic heterocycles. The van der Waals surface area contributed by atoms with Crippen LogP contribution in [0.25, 0.3) is 53.2 Å². The Kier molecular flexibility index (Phi) is 5.84. The van der Waals surface area contributed by atoms with Crippen molar-refractivity contribution >= 4 is 59.3 Å². The van der Waals surface area contributed by atoms with Gasteiger partial charge >= 0.3 is 0 Å². The monoisotopic (exact) mass is 724 g/mol. The highest BCUT2D eigenvalue weighted by Gasteiger charge is 2.47. The Morgan fingerprint density at radius 2 is 1.13 bits per heavy atom. The minimum absolute atomic E-state index is 0.0651. The van der Waals surface area contributed by atoms with E-state index in [1.54, 1.807) is 11.3 Å². The van der Waals surface area contributed by atoms with Crippen molar-refractivity contribution in [3.8, 4) is 22.3 Å². The molecule has 0 bridgehead atoms. The van der Waals surface area contributed by atoms with E-state index in [4.69, 9.17) is 5.48 Å². The van der Waals surface area contributed by atoms with Gasteiger partial charge in [0.2, 0.25) is 0 Å². The zero-order valence-corrected chi connectivity index (χ0v) is 30.3. The van der Waals surface area contributed by atoms with Crippen LogP contribution >= 0.6 is 11.3 Å². The maximum absolute atomic E-state index is 9.86. The first-order chi connectivity index (χ1) is 30.2. The molecule has 10 aromatic rings. The van der Waals surface area contributed by atoms with Crippen molar-refractivity contribution in [3.63, 3.8) is 0 Å². The molecule has 0 radical (unpaired) electrons. The number of nitrogens with zero attached hydrogens (tertiary/aromatic N) is 1. The minimum atomic E-state index is -1.34. The highest BCUT2D eigenvalue weighted by atomic mass is 32.1. The van der Waals surface area contributed by atoms with Crippen LogP contribution in [0.2, 0.25) is 0 Å². The van der Waals surface area contributed by atoms with Crippen LogP contribution in [0.4, 0.5) is 17.1 Å². The van der Waals surface area contributed by atoms with Gasteiger partial charge in [-0.1, -0.05) is 170 Å². The van der Waals surface area contributed by atoms with Gasteiger partial charge in [-0.3, -0.25) is 0 Å². The van der Waals surface area contributed by atoms with Crippen molar-refractivity contribution in [1.29, 1.82) is 0 Å². The van der Waals surface area contributed by atoms with Crippen molar-refractivity contribution in [2.45, 2.75) is 5.41 Å². The van der Waals surface area contributed by atoms with Crippen LogP contribution in [-0.2, 0) is 5.41 Å². The zero-order chi connectivity index (χ0) is 42.4. The Morgan fingerprint density at radius 1 is 0.436 bits per heavy atom. The molecule has 0 fully saturated rings. The van der Waals surface area contributed by atoms with Crippen LogP contribution in [0, 0.1) is 0 Å². The summed E-state index contributed by atoms with van der Waals surface area (Å²) in [5, 5.41) is 2.23. The number of para-hydroxylation sites is 2.